The van der Waals surface area contributed by atoms with Crippen molar-refractivity contribution in [1.29, 1.82) is 0 Å². The zero-order chi connectivity index (χ0) is 17.7. The lowest BCUT2D eigenvalue weighted by molar-refractivity contribution is 0.775. The van der Waals surface area contributed by atoms with E-state index in [1.165, 1.54) is 6.42 Å². The summed E-state index contributed by atoms with van der Waals surface area (Å²) in [5.41, 5.74) is 2.66. The first kappa shape index (κ1) is 15.0. The number of hydrogen-bond donors (Lipinski definition) is 1. The smallest absolute Gasteiger partial charge is 0.228 e. The van der Waals surface area contributed by atoms with Gasteiger partial charge in [-0.15, -0.1) is 10.2 Å². The summed E-state index contributed by atoms with van der Waals surface area (Å²) in [5, 5.41) is 16.0. The number of anilines is 2. The van der Waals surface area contributed by atoms with Crippen molar-refractivity contribution in [2.75, 3.05) is 5.32 Å². The average molecular weight is 346 g/mol. The van der Waals surface area contributed by atoms with Crippen LogP contribution >= 0.6 is 0 Å². The molecular formula is C18H18N8. The van der Waals surface area contributed by atoms with Crippen LogP contribution in [0.15, 0.2) is 42.9 Å². The van der Waals surface area contributed by atoms with Crippen LogP contribution in [0.5, 0.6) is 0 Å². The number of nitrogens with one attached hydrogen (secondary N) is 1. The molecule has 26 heavy (non-hydrogen) atoms. The van der Waals surface area contributed by atoms with E-state index in [1.807, 2.05) is 37.5 Å². The third-order valence-electron chi connectivity index (χ3n) is 4.89. The third kappa shape index (κ3) is 2.50. The van der Waals surface area contributed by atoms with Crippen molar-refractivity contribution in [3.63, 3.8) is 0 Å². The Balaban J connectivity index is 1.47. The van der Waals surface area contributed by atoms with Crippen LogP contribution in [0.4, 0.5) is 11.8 Å². The number of pyridine rings is 1. The topological polar surface area (TPSA) is 85.8 Å². The molecule has 0 aromatic carbocycles. The molecule has 130 valence electrons. The molecule has 4 aromatic rings. The average Bonchev–Trinajstić information content (AvgIpc) is 3.04. The molecule has 0 bridgehead atoms. The number of nitrogens with zero attached hydrogens (tertiary/aromatic N) is 7. The van der Waals surface area contributed by atoms with E-state index in [4.69, 9.17) is 0 Å². The zero-order valence-corrected chi connectivity index (χ0v) is 14.5. The van der Waals surface area contributed by atoms with Gasteiger partial charge in [0.15, 0.2) is 5.65 Å². The first-order valence-electron chi connectivity index (χ1n) is 8.62. The molecule has 5 rings (SSSR count). The summed E-state index contributed by atoms with van der Waals surface area (Å²) in [6.45, 7) is 2.25. The van der Waals surface area contributed by atoms with E-state index in [2.05, 4.69) is 41.9 Å². The Morgan fingerprint density at radius 2 is 2.04 bits per heavy atom. The first-order chi connectivity index (χ1) is 12.7. The molecule has 0 saturated heterocycles. The molecule has 0 amide bonds. The molecule has 1 saturated carbocycles. The van der Waals surface area contributed by atoms with Crippen molar-refractivity contribution in [1.82, 2.24) is 34.3 Å². The normalized spacial score (nSPS) is 19.0. The second-order valence-corrected chi connectivity index (χ2v) is 6.75. The Kier molecular flexibility index (Phi) is 3.24. The SMILES string of the molecule is CC1CC1c1nnc2cc(-c3ccnc(Nc4ccnn4C)n3)ccn12. The van der Waals surface area contributed by atoms with Crippen LogP contribution in [0.2, 0.25) is 0 Å². The van der Waals surface area contributed by atoms with Crippen LogP contribution in [-0.4, -0.2) is 34.3 Å². The molecular weight excluding hydrogens is 328 g/mol. The third-order valence-corrected chi connectivity index (χ3v) is 4.89. The fraction of sp³-hybridized carbons (Fsp3) is 0.278. The van der Waals surface area contributed by atoms with E-state index in [0.717, 1.165) is 28.5 Å². The molecule has 8 heteroatoms. The minimum Gasteiger partial charge on any atom is -0.309 e. The second-order valence-electron chi connectivity index (χ2n) is 6.75. The van der Waals surface area contributed by atoms with E-state index >= 15 is 0 Å². The molecule has 0 radical (unpaired) electrons. The van der Waals surface area contributed by atoms with Gasteiger partial charge in [-0.1, -0.05) is 6.92 Å². The van der Waals surface area contributed by atoms with Gasteiger partial charge in [0, 0.05) is 37.0 Å². The van der Waals surface area contributed by atoms with Gasteiger partial charge in [0.1, 0.15) is 11.6 Å². The molecule has 4 aromatic heterocycles. The van der Waals surface area contributed by atoms with Gasteiger partial charge in [0.2, 0.25) is 5.95 Å². The van der Waals surface area contributed by atoms with Gasteiger partial charge in [0.25, 0.3) is 0 Å². The molecule has 1 N–H and O–H groups in total. The van der Waals surface area contributed by atoms with Crippen molar-refractivity contribution in [2.24, 2.45) is 13.0 Å². The maximum absolute atomic E-state index is 4.61. The zero-order valence-electron chi connectivity index (χ0n) is 14.5. The highest BCUT2D eigenvalue weighted by Gasteiger charge is 2.37. The summed E-state index contributed by atoms with van der Waals surface area (Å²) in [6.07, 6.45) is 6.69. The fourth-order valence-electron chi connectivity index (χ4n) is 3.19. The van der Waals surface area contributed by atoms with Gasteiger partial charge in [-0.25, -0.2) is 9.97 Å². The maximum atomic E-state index is 4.61. The van der Waals surface area contributed by atoms with E-state index in [-0.39, 0.29) is 0 Å². The molecule has 1 aliphatic rings. The number of aryl methyl sites for hydroxylation is 1. The number of aromatic nitrogens is 7. The summed E-state index contributed by atoms with van der Waals surface area (Å²) in [5.74, 6) is 3.65. The van der Waals surface area contributed by atoms with Crippen LogP contribution in [0.1, 0.15) is 25.1 Å². The van der Waals surface area contributed by atoms with Gasteiger partial charge < -0.3 is 5.32 Å². The van der Waals surface area contributed by atoms with Crippen LogP contribution in [0.25, 0.3) is 16.9 Å². The van der Waals surface area contributed by atoms with E-state index < -0.39 is 0 Å². The van der Waals surface area contributed by atoms with Crippen LogP contribution < -0.4 is 5.32 Å². The number of fused-ring (bicyclic) bond motifs is 1. The maximum Gasteiger partial charge on any atom is 0.228 e. The van der Waals surface area contributed by atoms with Gasteiger partial charge in [-0.3, -0.25) is 9.08 Å². The highest BCUT2D eigenvalue weighted by atomic mass is 15.3. The summed E-state index contributed by atoms with van der Waals surface area (Å²) >= 11 is 0. The predicted molar refractivity (Wildman–Crippen MR) is 97.0 cm³/mol. The minimum atomic E-state index is 0.528. The Morgan fingerprint density at radius 3 is 2.81 bits per heavy atom. The van der Waals surface area contributed by atoms with Crippen molar-refractivity contribution < 1.29 is 0 Å². The lowest BCUT2D eigenvalue weighted by Gasteiger charge is -2.07. The Hall–Kier alpha value is -3.29. The van der Waals surface area contributed by atoms with Crippen LogP contribution in [0.3, 0.4) is 0 Å². The fourth-order valence-corrected chi connectivity index (χ4v) is 3.19. The second kappa shape index (κ2) is 5.62. The van der Waals surface area contributed by atoms with E-state index in [0.29, 0.717) is 17.8 Å². The molecule has 1 fully saturated rings. The van der Waals surface area contributed by atoms with Crippen molar-refractivity contribution in [2.45, 2.75) is 19.3 Å². The van der Waals surface area contributed by atoms with E-state index in [1.54, 1.807) is 17.1 Å². The number of hydrogen-bond acceptors (Lipinski definition) is 6. The van der Waals surface area contributed by atoms with Gasteiger partial charge in [-0.05, 0) is 30.5 Å². The Labute approximate surface area is 149 Å². The van der Waals surface area contributed by atoms with Crippen molar-refractivity contribution in [3.05, 3.63) is 48.7 Å². The molecule has 8 nitrogen and oxygen atoms in total. The molecule has 0 aliphatic heterocycles. The Bertz CT molecular complexity index is 1100. The van der Waals surface area contributed by atoms with Gasteiger partial charge >= 0.3 is 0 Å². The summed E-state index contributed by atoms with van der Waals surface area (Å²) in [7, 11) is 1.86. The summed E-state index contributed by atoms with van der Waals surface area (Å²) in [6, 6.07) is 7.82. The van der Waals surface area contributed by atoms with E-state index in [9.17, 15) is 0 Å². The van der Waals surface area contributed by atoms with Crippen LogP contribution in [-0.2, 0) is 7.05 Å². The van der Waals surface area contributed by atoms with Gasteiger partial charge in [-0.2, -0.15) is 5.10 Å². The predicted octanol–water partition coefficient (Wildman–Crippen LogP) is 2.79. The largest absolute Gasteiger partial charge is 0.309 e. The highest BCUT2D eigenvalue weighted by Crippen LogP contribution is 2.46. The van der Waals surface area contributed by atoms with Crippen molar-refractivity contribution >= 4 is 17.4 Å². The molecule has 2 atom stereocenters. The van der Waals surface area contributed by atoms with Crippen LogP contribution in [0, 0.1) is 5.92 Å². The molecule has 2 unspecified atom stereocenters. The molecule has 1 aliphatic carbocycles. The lowest BCUT2D eigenvalue weighted by Crippen LogP contribution is -2.03. The summed E-state index contributed by atoms with van der Waals surface area (Å²) in [4.78, 5) is 8.90. The minimum absolute atomic E-state index is 0.528. The standard InChI is InChI=1S/C18H18N8/c1-11-9-13(11)17-24-23-16-10-12(5-8-26(16)17)14-3-6-19-18(21-14)22-15-4-7-20-25(15)2/h3-8,10-11,13H,9H2,1-2H3,(H,19,21,22). The number of rotatable bonds is 4. The monoisotopic (exact) mass is 346 g/mol. The summed E-state index contributed by atoms with van der Waals surface area (Å²) < 4.78 is 3.81. The lowest BCUT2D eigenvalue weighted by atomic mass is 10.2. The molecule has 4 heterocycles. The Morgan fingerprint density at radius 1 is 1.15 bits per heavy atom. The first-order valence-corrected chi connectivity index (χ1v) is 8.62. The van der Waals surface area contributed by atoms with Gasteiger partial charge in [0.05, 0.1) is 11.9 Å². The van der Waals surface area contributed by atoms with Crippen molar-refractivity contribution in [3.8, 4) is 11.3 Å². The quantitative estimate of drug-likeness (QED) is 0.611. The molecule has 0 spiro atoms. The highest BCUT2D eigenvalue weighted by molar-refractivity contribution is 5.65.